The Morgan fingerprint density at radius 3 is 2.42 bits per heavy atom. The lowest BCUT2D eigenvalue weighted by atomic mass is 10.1. The van der Waals surface area contributed by atoms with Crippen LogP contribution < -0.4 is 16.6 Å². The first-order valence-electron chi connectivity index (χ1n) is 8.79. The average Bonchev–Trinajstić information content (AvgIpc) is 2.65. The van der Waals surface area contributed by atoms with Gasteiger partial charge in [0.15, 0.2) is 0 Å². The maximum Gasteiger partial charge on any atom is 0.431 e. The first-order valence-corrected chi connectivity index (χ1v) is 10.1. The molecule has 0 saturated heterocycles. The zero-order valence-electron chi connectivity index (χ0n) is 16.9. The summed E-state index contributed by atoms with van der Waals surface area (Å²) in [5, 5.41) is 2.26. The number of halogens is 5. The molecule has 0 aliphatic rings. The number of amides is 1. The van der Waals surface area contributed by atoms with E-state index in [4.69, 9.17) is 11.6 Å². The van der Waals surface area contributed by atoms with Crippen LogP contribution in [0.25, 0.3) is 5.69 Å². The van der Waals surface area contributed by atoms with Crippen LogP contribution in [0, 0.1) is 5.82 Å². The van der Waals surface area contributed by atoms with Crippen molar-refractivity contribution >= 4 is 29.5 Å². The predicted molar refractivity (Wildman–Crippen MR) is 110 cm³/mol. The van der Waals surface area contributed by atoms with Gasteiger partial charge in [-0.15, -0.1) is 0 Å². The van der Waals surface area contributed by atoms with E-state index in [9.17, 15) is 31.9 Å². The van der Waals surface area contributed by atoms with Gasteiger partial charge in [-0.1, -0.05) is 23.5 Å². The molecule has 0 fully saturated rings. The minimum Gasteiger partial charge on any atom is -0.342 e. The molecular formula is C18H19ClF4N4O3S. The summed E-state index contributed by atoms with van der Waals surface area (Å²) in [6.07, 6.45) is -4.96. The third-order valence-corrected chi connectivity index (χ3v) is 5.78. The second kappa shape index (κ2) is 9.45. The van der Waals surface area contributed by atoms with Crippen LogP contribution in [0.2, 0.25) is 5.02 Å². The molecule has 2 rings (SSSR count). The molecule has 1 heterocycles. The van der Waals surface area contributed by atoms with Crippen LogP contribution in [-0.4, -0.2) is 38.3 Å². The van der Waals surface area contributed by atoms with Crippen LogP contribution in [-0.2, 0) is 13.2 Å². The van der Waals surface area contributed by atoms with E-state index in [-0.39, 0.29) is 37.7 Å². The maximum absolute atomic E-state index is 14.5. The molecule has 1 aromatic carbocycles. The van der Waals surface area contributed by atoms with Gasteiger partial charge < -0.3 is 5.32 Å². The highest BCUT2D eigenvalue weighted by atomic mass is 35.5. The lowest BCUT2D eigenvalue weighted by Gasteiger charge is -2.19. The van der Waals surface area contributed by atoms with Crippen molar-refractivity contribution in [2.45, 2.75) is 26.1 Å². The minimum absolute atomic E-state index is 0.151. The highest BCUT2D eigenvalue weighted by Gasteiger charge is 2.35. The summed E-state index contributed by atoms with van der Waals surface area (Å²) in [7, 11) is 2.61. The Labute approximate surface area is 183 Å². The van der Waals surface area contributed by atoms with Crippen molar-refractivity contribution in [1.82, 2.24) is 18.8 Å². The van der Waals surface area contributed by atoms with Gasteiger partial charge in [-0.05, 0) is 33.0 Å². The number of nitrogens with one attached hydrogen (secondary N) is 1. The summed E-state index contributed by atoms with van der Waals surface area (Å²) in [4.78, 5) is 37.1. The summed E-state index contributed by atoms with van der Waals surface area (Å²) >= 11 is 7.23. The lowest BCUT2D eigenvalue weighted by molar-refractivity contribution is -0.144. The molecule has 0 atom stereocenters. The summed E-state index contributed by atoms with van der Waals surface area (Å²) in [6.45, 7) is 3.89. The summed E-state index contributed by atoms with van der Waals surface area (Å²) in [6, 6.07) is 1.93. The third-order valence-electron chi connectivity index (χ3n) is 4.36. The smallest absolute Gasteiger partial charge is 0.342 e. The van der Waals surface area contributed by atoms with E-state index in [1.165, 1.54) is 11.9 Å². The van der Waals surface area contributed by atoms with E-state index >= 15 is 0 Å². The molecular weight excluding hydrogens is 464 g/mol. The molecule has 2 aromatic rings. The molecule has 0 aliphatic carbocycles. The van der Waals surface area contributed by atoms with E-state index < -0.39 is 40.5 Å². The van der Waals surface area contributed by atoms with Gasteiger partial charge in [0, 0.05) is 19.2 Å². The first-order chi connectivity index (χ1) is 14.3. The van der Waals surface area contributed by atoms with Gasteiger partial charge in [0.2, 0.25) is 0 Å². The van der Waals surface area contributed by atoms with Crippen molar-refractivity contribution < 1.29 is 22.4 Å². The maximum atomic E-state index is 14.5. The Kier molecular flexibility index (Phi) is 7.61. The third kappa shape index (κ3) is 5.49. The molecule has 13 heteroatoms. The van der Waals surface area contributed by atoms with E-state index in [2.05, 4.69) is 5.32 Å². The molecule has 1 N–H and O–H groups in total. The van der Waals surface area contributed by atoms with Gasteiger partial charge in [-0.2, -0.15) is 13.2 Å². The largest absolute Gasteiger partial charge is 0.431 e. The van der Waals surface area contributed by atoms with Crippen LogP contribution in [0.4, 0.5) is 17.6 Å². The van der Waals surface area contributed by atoms with Gasteiger partial charge in [-0.25, -0.2) is 18.1 Å². The van der Waals surface area contributed by atoms with Crippen molar-refractivity contribution in [2.24, 2.45) is 7.05 Å². The van der Waals surface area contributed by atoms with Gasteiger partial charge in [0.05, 0.1) is 22.2 Å². The van der Waals surface area contributed by atoms with Crippen LogP contribution in [0.3, 0.4) is 0 Å². The van der Waals surface area contributed by atoms with Crippen LogP contribution in [0.1, 0.15) is 29.9 Å². The second-order valence-corrected chi connectivity index (χ2v) is 8.28. The number of benzene rings is 1. The number of hydrogen-bond donors (Lipinski definition) is 1. The van der Waals surface area contributed by atoms with Gasteiger partial charge in [0.25, 0.3) is 11.5 Å². The van der Waals surface area contributed by atoms with Crippen molar-refractivity contribution in [1.29, 1.82) is 0 Å². The van der Waals surface area contributed by atoms with Crippen molar-refractivity contribution in [2.75, 3.05) is 12.9 Å². The molecule has 0 bridgehead atoms. The fraction of sp³-hybridized carbons (Fsp3) is 0.389. The molecule has 1 aromatic heterocycles. The number of aromatic nitrogens is 2. The predicted octanol–water partition coefficient (Wildman–Crippen LogP) is 3.02. The Morgan fingerprint density at radius 2 is 1.87 bits per heavy atom. The van der Waals surface area contributed by atoms with Crippen molar-refractivity contribution in [3.05, 3.63) is 61.1 Å². The number of hydrogen-bond acceptors (Lipinski definition) is 5. The molecule has 0 unspecified atom stereocenters. The van der Waals surface area contributed by atoms with E-state index in [1.807, 2.05) is 25.2 Å². The molecule has 0 aliphatic heterocycles. The van der Waals surface area contributed by atoms with E-state index in [0.717, 1.165) is 13.1 Å². The molecule has 31 heavy (non-hydrogen) atoms. The van der Waals surface area contributed by atoms with Gasteiger partial charge in [0.1, 0.15) is 11.5 Å². The van der Waals surface area contributed by atoms with Gasteiger partial charge >= 0.3 is 11.9 Å². The second-order valence-electron chi connectivity index (χ2n) is 6.75. The Bertz CT molecular complexity index is 1110. The van der Waals surface area contributed by atoms with E-state index in [1.54, 1.807) is 0 Å². The van der Waals surface area contributed by atoms with E-state index in [0.29, 0.717) is 6.07 Å². The van der Waals surface area contributed by atoms with Crippen LogP contribution in [0.5, 0.6) is 0 Å². The zero-order chi connectivity index (χ0) is 23.7. The Balaban J connectivity index is 2.49. The highest BCUT2D eigenvalue weighted by Crippen LogP contribution is 2.27. The molecule has 1 amide bonds. The quantitative estimate of drug-likeness (QED) is 0.389. The molecule has 0 saturated carbocycles. The number of alkyl halides is 3. The monoisotopic (exact) mass is 482 g/mol. The zero-order valence-corrected chi connectivity index (χ0v) is 18.5. The lowest BCUT2D eigenvalue weighted by Crippen LogP contribution is -2.41. The summed E-state index contributed by atoms with van der Waals surface area (Å²) < 4.78 is 55.8. The topological polar surface area (TPSA) is 76.3 Å². The first kappa shape index (κ1) is 25.0. The number of rotatable bonds is 6. The standard InChI is InChI=1S/C18H19ClF4N4O3S/c1-9(2)26(4)31-8-24-16(29)10-5-13(12(20)6-11(10)19)27-15(28)7-14(18(21,22)23)25(3)17(27)30/h5-7,9H,8H2,1-4H3,(H,24,29). The number of carbonyl (C=O) groups excluding carboxylic acids is 1. The molecule has 0 spiro atoms. The molecule has 7 nitrogen and oxygen atoms in total. The number of nitrogens with zero attached hydrogens (tertiary/aromatic N) is 3. The van der Waals surface area contributed by atoms with Crippen LogP contribution >= 0.6 is 23.5 Å². The SMILES string of the molecule is CC(C)N(C)SCNC(=O)c1cc(-n2c(=O)cc(C(F)(F)F)n(C)c2=O)c(F)cc1Cl. The number of carbonyl (C=O) groups is 1. The molecule has 170 valence electrons. The van der Waals surface area contributed by atoms with Crippen molar-refractivity contribution in [3.63, 3.8) is 0 Å². The average molecular weight is 483 g/mol. The van der Waals surface area contributed by atoms with Crippen molar-refractivity contribution in [3.8, 4) is 5.69 Å². The fourth-order valence-electron chi connectivity index (χ4n) is 2.45. The summed E-state index contributed by atoms with van der Waals surface area (Å²) in [5.41, 5.74) is -5.27. The summed E-state index contributed by atoms with van der Waals surface area (Å²) in [5.74, 6) is -1.72. The Morgan fingerprint density at radius 1 is 1.26 bits per heavy atom. The highest BCUT2D eigenvalue weighted by molar-refractivity contribution is 7.96. The normalized spacial score (nSPS) is 12.0. The minimum atomic E-state index is -4.96. The Hall–Kier alpha value is -2.31. The molecule has 0 radical (unpaired) electrons. The van der Waals surface area contributed by atoms with Crippen LogP contribution in [0.15, 0.2) is 27.8 Å². The fourth-order valence-corrected chi connectivity index (χ4v) is 3.38. The van der Waals surface area contributed by atoms with Gasteiger partial charge in [-0.3, -0.25) is 14.2 Å².